The highest BCUT2D eigenvalue weighted by atomic mass is 32.1. The lowest BCUT2D eigenvalue weighted by molar-refractivity contribution is 0.402. The van der Waals surface area contributed by atoms with Crippen LogP contribution < -0.4 is 10.9 Å². The van der Waals surface area contributed by atoms with Crippen LogP contribution >= 0.6 is 11.3 Å². The maximum atomic E-state index is 13.6. The van der Waals surface area contributed by atoms with E-state index in [4.69, 9.17) is 4.98 Å². The first-order chi connectivity index (χ1) is 17.2. The van der Waals surface area contributed by atoms with E-state index in [-0.39, 0.29) is 5.56 Å². The summed E-state index contributed by atoms with van der Waals surface area (Å²) >= 11 is 1.72. The second kappa shape index (κ2) is 8.43. The van der Waals surface area contributed by atoms with E-state index in [9.17, 15) is 4.79 Å². The average molecular weight is 478 g/mol. The Morgan fingerprint density at radius 2 is 1.69 bits per heavy atom. The third-order valence-corrected chi connectivity index (χ3v) is 8.94. The predicted molar refractivity (Wildman–Crippen MR) is 144 cm³/mol. The van der Waals surface area contributed by atoms with Gasteiger partial charge in [0.25, 0.3) is 5.56 Å². The van der Waals surface area contributed by atoms with E-state index in [1.807, 2.05) is 0 Å². The number of rotatable bonds is 4. The number of aryl methyl sites for hydroxylation is 1. The highest BCUT2D eigenvalue weighted by molar-refractivity contribution is 7.18. The molecule has 5 aromatic rings. The first-order valence-corrected chi connectivity index (χ1v) is 13.3. The topological polar surface area (TPSA) is 46.9 Å². The Labute approximate surface area is 208 Å². The summed E-state index contributed by atoms with van der Waals surface area (Å²) in [5.41, 5.74) is 5.46. The van der Waals surface area contributed by atoms with Crippen molar-refractivity contribution in [3.63, 3.8) is 0 Å². The van der Waals surface area contributed by atoms with Gasteiger partial charge in [-0.1, -0.05) is 66.7 Å². The smallest absolute Gasteiger partial charge is 0.262 e. The predicted octanol–water partition coefficient (Wildman–Crippen LogP) is 5.27. The summed E-state index contributed by atoms with van der Waals surface area (Å²) in [6.45, 7) is 0.542. The largest absolute Gasteiger partial charge is 0.310 e. The number of aromatic nitrogens is 2. The fourth-order valence-corrected chi connectivity index (χ4v) is 7.34. The fraction of sp³-hybridized carbons (Fsp3) is 0.267. The van der Waals surface area contributed by atoms with Crippen molar-refractivity contribution in [3.05, 3.63) is 111 Å². The van der Waals surface area contributed by atoms with Crippen molar-refractivity contribution in [1.29, 1.82) is 0 Å². The van der Waals surface area contributed by atoms with Crippen LogP contribution in [0.5, 0.6) is 0 Å². The van der Waals surface area contributed by atoms with E-state index < -0.39 is 0 Å². The molecule has 0 amide bonds. The monoisotopic (exact) mass is 477 g/mol. The maximum Gasteiger partial charge on any atom is 0.262 e. The molecule has 0 aliphatic heterocycles. The minimum Gasteiger partial charge on any atom is -0.310 e. The van der Waals surface area contributed by atoms with Crippen LogP contribution in [-0.2, 0) is 32.2 Å². The van der Waals surface area contributed by atoms with Crippen molar-refractivity contribution < 1.29 is 0 Å². The SMILES string of the molecule is O=c1c2c3c(sc2ncn1Cc1cccc2ccccc12)CC(NC1Cc2ccccc2C1)CC3. The molecule has 0 saturated heterocycles. The first-order valence-electron chi connectivity index (χ1n) is 12.5. The molecular formula is C30H27N3OS. The molecule has 7 rings (SSSR count). The van der Waals surface area contributed by atoms with Gasteiger partial charge in [-0.25, -0.2) is 4.98 Å². The van der Waals surface area contributed by atoms with Gasteiger partial charge in [-0.05, 0) is 65.1 Å². The van der Waals surface area contributed by atoms with E-state index in [0.717, 1.165) is 47.9 Å². The van der Waals surface area contributed by atoms with Crippen LogP contribution in [0.4, 0.5) is 0 Å². The number of thiophene rings is 1. The van der Waals surface area contributed by atoms with Crippen LogP contribution in [0.2, 0.25) is 0 Å². The van der Waals surface area contributed by atoms with E-state index in [0.29, 0.717) is 18.6 Å². The summed E-state index contributed by atoms with van der Waals surface area (Å²) in [6.07, 6.45) is 6.98. The lowest BCUT2D eigenvalue weighted by atomic mass is 9.92. The second-order valence-corrected chi connectivity index (χ2v) is 11.1. The van der Waals surface area contributed by atoms with Gasteiger partial charge in [-0.15, -0.1) is 11.3 Å². The minimum atomic E-state index is 0.0954. The molecule has 2 aliphatic rings. The van der Waals surface area contributed by atoms with Crippen LogP contribution in [0.3, 0.4) is 0 Å². The molecule has 3 aromatic carbocycles. The molecule has 0 saturated carbocycles. The molecule has 0 spiro atoms. The normalized spacial score (nSPS) is 17.7. The summed E-state index contributed by atoms with van der Waals surface area (Å²) in [5, 5.41) is 7.17. The number of benzene rings is 3. The van der Waals surface area contributed by atoms with Gasteiger partial charge in [0.1, 0.15) is 4.83 Å². The Morgan fingerprint density at radius 3 is 2.54 bits per heavy atom. The Bertz CT molecular complexity index is 1600. The highest BCUT2D eigenvalue weighted by Gasteiger charge is 2.28. The van der Waals surface area contributed by atoms with E-state index >= 15 is 0 Å². The number of hydrogen-bond donors (Lipinski definition) is 1. The van der Waals surface area contributed by atoms with Gasteiger partial charge in [0.2, 0.25) is 0 Å². The second-order valence-electron chi connectivity index (χ2n) is 9.98. The Morgan fingerprint density at radius 1 is 0.914 bits per heavy atom. The molecule has 1 atom stereocenters. The van der Waals surface area contributed by atoms with Crippen molar-refractivity contribution in [2.75, 3.05) is 0 Å². The zero-order valence-corrected chi connectivity index (χ0v) is 20.4. The van der Waals surface area contributed by atoms with Crippen molar-refractivity contribution in [2.45, 2.75) is 50.7 Å². The summed E-state index contributed by atoms with van der Waals surface area (Å²) in [6, 6.07) is 24.4. The van der Waals surface area contributed by atoms with E-state index in [2.05, 4.69) is 72.0 Å². The fourth-order valence-electron chi connectivity index (χ4n) is 6.08. The maximum absolute atomic E-state index is 13.6. The average Bonchev–Trinajstić information content (AvgIpc) is 3.46. The van der Waals surface area contributed by atoms with Gasteiger partial charge in [0.05, 0.1) is 18.3 Å². The number of hydrogen-bond acceptors (Lipinski definition) is 4. The van der Waals surface area contributed by atoms with Gasteiger partial charge in [-0.3, -0.25) is 9.36 Å². The van der Waals surface area contributed by atoms with Crippen LogP contribution in [0.1, 0.15) is 33.6 Å². The molecule has 1 unspecified atom stereocenters. The van der Waals surface area contributed by atoms with Crippen LogP contribution in [0.25, 0.3) is 21.0 Å². The molecular weight excluding hydrogens is 450 g/mol. The van der Waals surface area contributed by atoms with Gasteiger partial charge in [0, 0.05) is 17.0 Å². The van der Waals surface area contributed by atoms with E-state index in [1.54, 1.807) is 22.2 Å². The molecule has 2 heterocycles. The zero-order chi connectivity index (χ0) is 23.4. The molecule has 5 heteroatoms. The Hall–Kier alpha value is -3.28. The Kier molecular flexibility index (Phi) is 5.07. The molecule has 1 N–H and O–H groups in total. The lowest BCUT2D eigenvalue weighted by Crippen LogP contribution is -2.41. The van der Waals surface area contributed by atoms with Crippen LogP contribution in [0.15, 0.2) is 77.9 Å². The van der Waals surface area contributed by atoms with Crippen molar-refractivity contribution >= 4 is 32.3 Å². The quantitative estimate of drug-likeness (QED) is 0.383. The molecule has 0 fully saturated rings. The lowest BCUT2D eigenvalue weighted by Gasteiger charge is -2.26. The summed E-state index contributed by atoms with van der Waals surface area (Å²) in [5.74, 6) is 0. The van der Waals surface area contributed by atoms with Crippen molar-refractivity contribution in [2.24, 2.45) is 0 Å². The van der Waals surface area contributed by atoms with Crippen molar-refractivity contribution in [1.82, 2.24) is 14.9 Å². The van der Waals surface area contributed by atoms with E-state index in [1.165, 1.54) is 32.3 Å². The van der Waals surface area contributed by atoms with Gasteiger partial charge in [-0.2, -0.15) is 0 Å². The van der Waals surface area contributed by atoms with Gasteiger partial charge in [0.15, 0.2) is 0 Å². The summed E-state index contributed by atoms with van der Waals surface area (Å²) < 4.78 is 1.79. The van der Waals surface area contributed by atoms with Crippen molar-refractivity contribution in [3.8, 4) is 0 Å². The molecule has 174 valence electrons. The number of nitrogens with zero attached hydrogens (tertiary/aromatic N) is 2. The summed E-state index contributed by atoms with van der Waals surface area (Å²) in [7, 11) is 0. The minimum absolute atomic E-state index is 0.0954. The van der Waals surface area contributed by atoms with Crippen LogP contribution in [0, 0.1) is 0 Å². The number of nitrogens with one attached hydrogen (secondary N) is 1. The number of fused-ring (bicyclic) bond motifs is 5. The van der Waals surface area contributed by atoms with Crippen LogP contribution in [-0.4, -0.2) is 21.6 Å². The molecule has 0 bridgehead atoms. The third kappa shape index (κ3) is 3.70. The molecule has 4 nitrogen and oxygen atoms in total. The molecule has 2 aliphatic carbocycles. The molecule has 35 heavy (non-hydrogen) atoms. The molecule has 0 radical (unpaired) electrons. The first kappa shape index (κ1) is 21.0. The summed E-state index contributed by atoms with van der Waals surface area (Å²) in [4.78, 5) is 20.6. The zero-order valence-electron chi connectivity index (χ0n) is 19.5. The third-order valence-electron chi connectivity index (χ3n) is 7.78. The standard InChI is InChI=1S/C30H27N3OS/c34-30-28-26-13-12-23(32-24-14-20-7-1-2-8-21(20)15-24)16-27(26)35-29(28)31-18-33(30)17-22-10-5-9-19-6-3-4-11-25(19)22/h1-11,18,23-24,32H,12-17H2. The van der Waals surface area contributed by atoms with Gasteiger partial charge < -0.3 is 5.32 Å². The van der Waals surface area contributed by atoms with Gasteiger partial charge >= 0.3 is 0 Å². The highest BCUT2D eigenvalue weighted by Crippen LogP contribution is 2.34. The molecule has 2 aromatic heterocycles. The Balaban J connectivity index is 1.15.